The number of H-pyrrole nitrogens is 1. The molecule has 1 unspecified atom stereocenters. The lowest BCUT2D eigenvalue weighted by atomic mass is 9.59. The van der Waals surface area contributed by atoms with Gasteiger partial charge in [0.05, 0.1) is 42.5 Å². The van der Waals surface area contributed by atoms with E-state index in [9.17, 15) is 41.1 Å². The Bertz CT molecular complexity index is 3280. The van der Waals surface area contributed by atoms with Crippen LogP contribution in [-0.2, 0) is 22.7 Å². The number of quaternary nitrogens is 1. The lowest BCUT2D eigenvalue weighted by Gasteiger charge is -2.58. The van der Waals surface area contributed by atoms with Crippen LogP contribution in [0.1, 0.15) is 117 Å². The number of halogens is 4. The average Bonchev–Trinajstić information content (AvgIpc) is 3.92. The maximum Gasteiger partial charge on any atom is 0.416 e. The number of pyridine rings is 2. The second-order valence-electron chi connectivity index (χ2n) is 22.7. The van der Waals surface area contributed by atoms with Crippen LogP contribution in [0.2, 0.25) is 0 Å². The molecule has 4 aliphatic rings. The predicted molar refractivity (Wildman–Crippen MR) is 293 cm³/mol. The molecular formula is C58H69F4N9O7S. The zero-order valence-corrected chi connectivity index (χ0v) is 45.9. The van der Waals surface area contributed by atoms with E-state index in [0.717, 1.165) is 88.2 Å². The topological polar surface area (TPSA) is 193 Å². The summed E-state index contributed by atoms with van der Waals surface area (Å²) in [7, 11) is -1.95. The van der Waals surface area contributed by atoms with E-state index in [1.54, 1.807) is 24.3 Å². The number of carbonyl (C=O) groups excluding carboxylic acids is 1. The fraction of sp³-hybridized carbons (Fsp3) is 0.466. The Hall–Kier alpha value is -6.36. The van der Waals surface area contributed by atoms with Crippen molar-refractivity contribution in [3.8, 4) is 17.4 Å². The van der Waals surface area contributed by atoms with Gasteiger partial charge in [0.2, 0.25) is 0 Å². The first-order chi connectivity index (χ1) is 37.6. The number of piperidine rings is 1. The molecule has 5 N–H and O–H groups in total. The van der Waals surface area contributed by atoms with Gasteiger partial charge in [-0.2, -0.15) is 18.2 Å². The molecule has 2 saturated carbocycles. The monoisotopic (exact) mass is 1110 g/mol. The van der Waals surface area contributed by atoms with Crippen molar-refractivity contribution < 1.29 is 50.4 Å². The van der Waals surface area contributed by atoms with Crippen molar-refractivity contribution in [1.29, 1.82) is 0 Å². The van der Waals surface area contributed by atoms with Gasteiger partial charge in [0.15, 0.2) is 17.3 Å². The third-order valence-corrected chi connectivity index (χ3v) is 18.2. The summed E-state index contributed by atoms with van der Waals surface area (Å²) in [5, 5.41) is 26.1. The Morgan fingerprint density at radius 2 is 1.70 bits per heavy atom. The maximum absolute atomic E-state index is 14.9. The van der Waals surface area contributed by atoms with Crippen molar-refractivity contribution in [2.24, 2.45) is 11.3 Å². The molecule has 2 atom stereocenters. The second kappa shape index (κ2) is 22.3. The molecule has 1 amide bonds. The van der Waals surface area contributed by atoms with E-state index in [2.05, 4.69) is 77.8 Å². The van der Waals surface area contributed by atoms with Gasteiger partial charge < -0.3 is 40.1 Å². The lowest BCUT2D eigenvalue weighted by Crippen LogP contribution is -2.98. The molecule has 5 heterocycles. The molecular weight excluding hydrogens is 1040 g/mol. The number of hydrogen-bond acceptors (Lipinski definition) is 13. The van der Waals surface area contributed by atoms with Crippen molar-refractivity contribution in [3.05, 3.63) is 130 Å². The minimum atomic E-state index is -4.62. The van der Waals surface area contributed by atoms with Crippen molar-refractivity contribution in [1.82, 2.24) is 29.5 Å². The summed E-state index contributed by atoms with van der Waals surface area (Å²) < 4.78 is 97.1. The molecule has 4 fully saturated rings. The average molecular weight is 1110 g/mol. The van der Waals surface area contributed by atoms with E-state index >= 15 is 0 Å². The van der Waals surface area contributed by atoms with Crippen LogP contribution < -0.4 is 29.5 Å². The molecule has 3 aromatic carbocycles. The molecule has 10 rings (SSSR count). The number of fused-ring (bicyclic) bond motifs is 1. The number of amides is 1. The van der Waals surface area contributed by atoms with E-state index in [0.29, 0.717) is 56.7 Å². The number of rotatable bonds is 16. The van der Waals surface area contributed by atoms with Crippen LogP contribution in [0.25, 0.3) is 11.0 Å². The Kier molecular flexibility index (Phi) is 15.8. The van der Waals surface area contributed by atoms with Gasteiger partial charge in [0, 0.05) is 88.0 Å². The van der Waals surface area contributed by atoms with Crippen molar-refractivity contribution in [2.75, 3.05) is 63.6 Å². The summed E-state index contributed by atoms with van der Waals surface area (Å²) >= 11 is 0. The number of methoxy groups -OCH3 is 1. The van der Waals surface area contributed by atoms with Crippen LogP contribution in [0.15, 0.2) is 96.2 Å². The van der Waals surface area contributed by atoms with Gasteiger partial charge in [-0.3, -0.25) is 14.6 Å². The summed E-state index contributed by atoms with van der Waals surface area (Å²) in [6.07, 6.45) is 4.52. The van der Waals surface area contributed by atoms with E-state index in [4.69, 9.17) is 9.47 Å². The van der Waals surface area contributed by atoms with Gasteiger partial charge in [-0.15, -0.1) is 0 Å². The normalized spacial score (nSPS) is 21.7. The highest BCUT2D eigenvalue weighted by Gasteiger charge is 2.50. The Morgan fingerprint density at radius 1 is 0.975 bits per heavy atom. The summed E-state index contributed by atoms with van der Waals surface area (Å²) in [4.78, 5) is 32.5. The van der Waals surface area contributed by atoms with Crippen LogP contribution in [0, 0.1) is 22.4 Å². The van der Waals surface area contributed by atoms with E-state index in [1.165, 1.54) is 43.5 Å². The number of carbonyl (C=O) groups is 1. The molecule has 0 radical (unpaired) electrons. The number of aromatic amines is 1. The van der Waals surface area contributed by atoms with Gasteiger partial charge >= 0.3 is 6.18 Å². The first-order valence-electron chi connectivity index (χ1n) is 27.1. The Balaban J connectivity index is 0.852. The highest BCUT2D eigenvalue weighted by atomic mass is 32.2. The third kappa shape index (κ3) is 12.2. The number of anilines is 2. The van der Waals surface area contributed by atoms with Crippen molar-refractivity contribution >= 4 is 44.2 Å². The highest BCUT2D eigenvalue weighted by Crippen LogP contribution is 2.54. The molecule has 79 heavy (non-hydrogen) atoms. The molecule has 2 aliphatic heterocycles. The van der Waals surface area contributed by atoms with E-state index in [-0.39, 0.29) is 62.9 Å². The van der Waals surface area contributed by atoms with E-state index in [1.807, 2.05) is 6.92 Å². The molecule has 422 valence electrons. The van der Waals surface area contributed by atoms with Crippen LogP contribution in [0.4, 0.5) is 34.8 Å². The number of piperazine rings is 1. The predicted octanol–water partition coefficient (Wildman–Crippen LogP) is 9.46. The number of ether oxygens (including phenoxy) is 2. The van der Waals surface area contributed by atoms with Gasteiger partial charge in [-0.05, 0) is 116 Å². The third-order valence-electron chi connectivity index (χ3n) is 16.9. The van der Waals surface area contributed by atoms with Crippen LogP contribution in [-0.4, -0.2) is 109 Å². The molecule has 21 heteroatoms. The van der Waals surface area contributed by atoms with E-state index < -0.39 is 49.0 Å². The minimum absolute atomic E-state index is 0.0134. The fourth-order valence-corrected chi connectivity index (χ4v) is 13.1. The lowest BCUT2D eigenvalue weighted by molar-refractivity contribution is -0.751. The van der Waals surface area contributed by atoms with Crippen LogP contribution in [0.3, 0.4) is 0 Å². The number of hydrogen-bond donors (Lipinski definition) is 5. The largest absolute Gasteiger partial charge is 0.629 e. The molecule has 2 aliphatic carbocycles. The van der Waals surface area contributed by atoms with Crippen molar-refractivity contribution in [2.45, 2.75) is 113 Å². The van der Waals surface area contributed by atoms with Crippen LogP contribution in [0.5, 0.6) is 17.4 Å². The standard InChI is InChI=1S/C58H69F4N9O7S/c1-36(2)43-8-6-7-9-44(43)49-35-69(34-38-10-12-39(13-11-38)58(60,61)62)24-25-71(49)41-29-57(30-41)20-22-70(23-21-57)40-14-15-45(50(26-40)78-51-28-46-47(59)33-65-52(46)66-55(51)77-5)54(72)67-79(75,76)42-27-48(68(4)74)53(64-32-42)63-31-37-16-18-56(3,73)19-17-37/h6-15,26-28,32-33,36-37,41,49,68,73H,16-25,29-31,34-35H2,1-5H3,(H,63,64)(H,65,66)(H,67,72)/t37?,49-,56?/m0/s1. The van der Waals surface area contributed by atoms with Gasteiger partial charge in [-0.25, -0.2) is 22.5 Å². The number of aromatic nitrogens is 3. The molecule has 2 saturated heterocycles. The van der Waals surface area contributed by atoms with Gasteiger partial charge in [0.25, 0.3) is 21.8 Å². The summed E-state index contributed by atoms with van der Waals surface area (Å²) in [6.45, 7) is 11.0. The van der Waals surface area contributed by atoms with Crippen molar-refractivity contribution in [3.63, 3.8) is 0 Å². The van der Waals surface area contributed by atoms with Gasteiger partial charge in [-0.1, -0.05) is 50.2 Å². The number of sulfonamides is 1. The highest BCUT2D eigenvalue weighted by molar-refractivity contribution is 7.90. The maximum atomic E-state index is 14.9. The summed E-state index contributed by atoms with van der Waals surface area (Å²) in [5.74, 6) is -0.959. The molecule has 1 spiro atoms. The number of aliphatic hydroxyl groups is 1. The SMILES string of the molecule is COc1nc2[nH]cc(F)c2cc1Oc1cc(N2CCC3(CC2)CC(N2CCN(Cc4ccc(C(F)(F)F)cc4)C[C@H]2c2ccccc2C(C)C)C3)ccc1C(=O)NS(=O)(=O)c1cnc(NCC2CCC(C)(O)CC2)c([NH+](C)[O-])c1. The quantitative estimate of drug-likeness (QED) is 0.0455. The smallest absolute Gasteiger partial charge is 0.416 e. The number of nitrogens with zero attached hydrogens (tertiary/aromatic N) is 5. The van der Waals surface area contributed by atoms with Gasteiger partial charge in [0.1, 0.15) is 22.1 Å². The first-order valence-corrected chi connectivity index (χ1v) is 28.6. The Labute approximate surface area is 458 Å². The minimum Gasteiger partial charge on any atom is -0.629 e. The number of nitrogens with one attached hydrogen (secondary N) is 4. The molecule has 16 nitrogen and oxygen atoms in total. The number of benzene rings is 3. The number of alkyl halides is 3. The number of hydroxylamine groups is 1. The summed E-state index contributed by atoms with van der Waals surface area (Å²) in [5.41, 5.74) is 2.96. The Morgan fingerprint density at radius 3 is 2.38 bits per heavy atom. The first kappa shape index (κ1) is 55.9. The molecule has 0 bridgehead atoms. The second-order valence-corrected chi connectivity index (χ2v) is 24.4. The summed E-state index contributed by atoms with van der Waals surface area (Å²) in [6, 6.07) is 22.0. The zero-order chi connectivity index (χ0) is 56.0. The zero-order valence-electron chi connectivity index (χ0n) is 45.1. The molecule has 6 aromatic rings. The fourth-order valence-electron chi connectivity index (χ4n) is 12.2. The van der Waals surface area contributed by atoms with Crippen LogP contribution >= 0.6 is 0 Å². The molecule has 3 aromatic heterocycles.